The van der Waals surface area contributed by atoms with Gasteiger partial charge < -0.3 is 9.69 Å². The minimum absolute atomic E-state index is 0.130. The highest BCUT2D eigenvalue weighted by Gasteiger charge is 2.28. The lowest BCUT2D eigenvalue weighted by molar-refractivity contribution is -0.137. The Morgan fingerprint density at radius 2 is 2.05 bits per heavy atom. The molecular weight excluding hydrogens is 240 g/mol. The van der Waals surface area contributed by atoms with Crippen LogP contribution < -0.4 is 0 Å². The lowest BCUT2D eigenvalue weighted by Gasteiger charge is -2.37. The molecule has 2 aliphatic rings. The Morgan fingerprint density at radius 1 is 1.21 bits per heavy atom. The van der Waals surface area contributed by atoms with Gasteiger partial charge in [-0.05, 0) is 45.1 Å². The number of hydrogen-bond acceptors (Lipinski definition) is 3. The predicted molar refractivity (Wildman–Crippen MR) is 74.9 cm³/mol. The minimum atomic E-state index is 0.130. The number of carbonyl (C=O) groups is 2. The van der Waals surface area contributed by atoms with E-state index in [2.05, 4.69) is 16.7 Å². The third kappa shape index (κ3) is 3.78. The van der Waals surface area contributed by atoms with E-state index in [1.807, 2.05) is 0 Å². The van der Waals surface area contributed by atoms with Gasteiger partial charge >= 0.3 is 0 Å². The quantitative estimate of drug-likeness (QED) is 0.727. The second-order valence-electron chi connectivity index (χ2n) is 5.92. The molecule has 2 fully saturated rings. The van der Waals surface area contributed by atoms with E-state index >= 15 is 0 Å². The first-order valence-electron chi connectivity index (χ1n) is 7.71. The Kier molecular flexibility index (Phi) is 5.37. The summed E-state index contributed by atoms with van der Waals surface area (Å²) in [6, 6.07) is 0.438. The molecule has 0 saturated carbocycles. The van der Waals surface area contributed by atoms with Crippen molar-refractivity contribution in [3.63, 3.8) is 0 Å². The van der Waals surface area contributed by atoms with E-state index in [0.29, 0.717) is 12.6 Å². The second-order valence-corrected chi connectivity index (χ2v) is 5.92. The van der Waals surface area contributed by atoms with Crippen LogP contribution in [-0.2, 0) is 9.59 Å². The summed E-state index contributed by atoms with van der Waals surface area (Å²) in [5.41, 5.74) is 0. The molecule has 0 aliphatic carbocycles. The third-order valence-corrected chi connectivity index (χ3v) is 4.51. The first-order valence-corrected chi connectivity index (χ1v) is 7.71. The molecule has 0 radical (unpaired) electrons. The molecule has 0 bridgehead atoms. The van der Waals surface area contributed by atoms with Crippen molar-refractivity contribution in [2.75, 3.05) is 26.2 Å². The summed E-state index contributed by atoms with van der Waals surface area (Å²) in [6.07, 6.45) is 7.66. The lowest BCUT2D eigenvalue weighted by atomic mass is 9.98. The highest BCUT2D eigenvalue weighted by molar-refractivity contribution is 5.78. The monoisotopic (exact) mass is 266 g/mol. The number of aldehydes is 1. The largest absolute Gasteiger partial charge is 0.339 e. The normalized spacial score (nSPS) is 29.2. The van der Waals surface area contributed by atoms with Crippen LogP contribution in [0.5, 0.6) is 0 Å². The van der Waals surface area contributed by atoms with Crippen molar-refractivity contribution >= 4 is 12.2 Å². The molecule has 4 heteroatoms. The van der Waals surface area contributed by atoms with Crippen LogP contribution in [0.4, 0.5) is 0 Å². The predicted octanol–water partition coefficient (Wildman–Crippen LogP) is 1.69. The fourth-order valence-electron chi connectivity index (χ4n) is 3.38. The molecule has 0 N–H and O–H groups in total. The van der Waals surface area contributed by atoms with Gasteiger partial charge in [-0.1, -0.05) is 6.92 Å². The molecule has 0 aromatic carbocycles. The number of hydrogen-bond donors (Lipinski definition) is 0. The Balaban J connectivity index is 1.87. The summed E-state index contributed by atoms with van der Waals surface area (Å²) in [5, 5.41) is 0. The van der Waals surface area contributed by atoms with Crippen molar-refractivity contribution in [2.24, 2.45) is 5.92 Å². The fourth-order valence-corrected chi connectivity index (χ4v) is 3.38. The Bertz CT molecular complexity index is 319. The number of nitrogens with zero attached hydrogens (tertiary/aromatic N) is 2. The van der Waals surface area contributed by atoms with Crippen LogP contribution >= 0.6 is 0 Å². The van der Waals surface area contributed by atoms with Crippen LogP contribution in [0.2, 0.25) is 0 Å². The van der Waals surface area contributed by atoms with Gasteiger partial charge in [0, 0.05) is 25.0 Å². The van der Waals surface area contributed by atoms with Gasteiger partial charge in [-0.2, -0.15) is 0 Å². The molecule has 2 aliphatic heterocycles. The van der Waals surface area contributed by atoms with Gasteiger partial charge in [0.25, 0.3) is 0 Å². The van der Waals surface area contributed by atoms with Crippen LogP contribution in [0.1, 0.15) is 45.4 Å². The maximum absolute atomic E-state index is 12.4. The number of likely N-dealkylation sites (tertiary alicyclic amines) is 2. The molecule has 2 atom stereocenters. The molecule has 0 spiro atoms. The number of rotatable bonds is 4. The van der Waals surface area contributed by atoms with Crippen molar-refractivity contribution in [3.05, 3.63) is 0 Å². The fraction of sp³-hybridized carbons (Fsp3) is 0.867. The topological polar surface area (TPSA) is 40.6 Å². The van der Waals surface area contributed by atoms with Gasteiger partial charge in [0.1, 0.15) is 6.29 Å². The molecule has 2 unspecified atom stereocenters. The zero-order valence-corrected chi connectivity index (χ0v) is 12.0. The molecule has 2 rings (SSSR count). The first kappa shape index (κ1) is 14.5. The maximum atomic E-state index is 12.4. The van der Waals surface area contributed by atoms with E-state index in [4.69, 9.17) is 0 Å². The number of carbonyl (C=O) groups excluding carboxylic acids is 2. The Labute approximate surface area is 116 Å². The lowest BCUT2D eigenvalue weighted by Crippen LogP contribution is -2.49. The van der Waals surface area contributed by atoms with Gasteiger partial charge in [0.2, 0.25) is 5.91 Å². The standard InChI is InChI=1S/C15H26N2O2/c1-2-14-7-3-4-9-17(14)15(19)11-16-8-5-6-13(10-16)12-18/h12-14H,2-11H2,1H3. The second kappa shape index (κ2) is 7.04. The molecule has 0 aromatic rings. The average molecular weight is 266 g/mol. The van der Waals surface area contributed by atoms with Gasteiger partial charge in [-0.3, -0.25) is 9.69 Å². The van der Waals surface area contributed by atoms with E-state index < -0.39 is 0 Å². The average Bonchev–Trinajstić information content (AvgIpc) is 2.47. The summed E-state index contributed by atoms with van der Waals surface area (Å²) in [6.45, 7) is 5.31. The zero-order chi connectivity index (χ0) is 13.7. The third-order valence-electron chi connectivity index (χ3n) is 4.51. The number of amides is 1. The molecule has 0 aromatic heterocycles. The summed E-state index contributed by atoms with van der Waals surface area (Å²) in [7, 11) is 0. The van der Waals surface area contributed by atoms with Gasteiger partial charge in [-0.15, -0.1) is 0 Å². The van der Waals surface area contributed by atoms with Crippen LogP contribution in [0.15, 0.2) is 0 Å². The van der Waals surface area contributed by atoms with E-state index in [-0.39, 0.29) is 11.8 Å². The molecule has 4 nitrogen and oxygen atoms in total. The van der Waals surface area contributed by atoms with Gasteiger partial charge in [0.05, 0.1) is 6.54 Å². The summed E-state index contributed by atoms with van der Waals surface area (Å²) >= 11 is 0. The molecule has 19 heavy (non-hydrogen) atoms. The van der Waals surface area contributed by atoms with Gasteiger partial charge in [-0.25, -0.2) is 0 Å². The van der Waals surface area contributed by atoms with Crippen LogP contribution in [-0.4, -0.2) is 54.2 Å². The van der Waals surface area contributed by atoms with Crippen LogP contribution in [0.3, 0.4) is 0 Å². The highest BCUT2D eigenvalue weighted by Crippen LogP contribution is 2.20. The first-order chi connectivity index (χ1) is 9.24. The molecule has 2 saturated heterocycles. The highest BCUT2D eigenvalue weighted by atomic mass is 16.2. The molecule has 2 heterocycles. The summed E-state index contributed by atoms with van der Waals surface area (Å²) in [4.78, 5) is 27.5. The Hall–Kier alpha value is -0.900. The van der Waals surface area contributed by atoms with Crippen molar-refractivity contribution in [3.8, 4) is 0 Å². The van der Waals surface area contributed by atoms with E-state index in [1.54, 1.807) is 0 Å². The zero-order valence-electron chi connectivity index (χ0n) is 12.0. The van der Waals surface area contributed by atoms with Crippen molar-refractivity contribution in [2.45, 2.75) is 51.5 Å². The minimum Gasteiger partial charge on any atom is -0.339 e. The molecular formula is C15H26N2O2. The molecule has 108 valence electrons. The summed E-state index contributed by atoms with van der Waals surface area (Å²) < 4.78 is 0. The van der Waals surface area contributed by atoms with E-state index in [1.165, 1.54) is 6.42 Å². The van der Waals surface area contributed by atoms with Crippen LogP contribution in [0, 0.1) is 5.92 Å². The van der Waals surface area contributed by atoms with E-state index in [0.717, 1.165) is 58.0 Å². The van der Waals surface area contributed by atoms with Crippen molar-refractivity contribution in [1.29, 1.82) is 0 Å². The van der Waals surface area contributed by atoms with Crippen molar-refractivity contribution < 1.29 is 9.59 Å². The summed E-state index contributed by atoms with van der Waals surface area (Å²) in [5.74, 6) is 0.392. The van der Waals surface area contributed by atoms with Crippen molar-refractivity contribution in [1.82, 2.24) is 9.80 Å². The number of piperidine rings is 2. The van der Waals surface area contributed by atoms with Gasteiger partial charge in [0.15, 0.2) is 0 Å². The van der Waals surface area contributed by atoms with E-state index in [9.17, 15) is 9.59 Å². The maximum Gasteiger partial charge on any atom is 0.236 e. The molecule has 1 amide bonds. The smallest absolute Gasteiger partial charge is 0.236 e. The van der Waals surface area contributed by atoms with Crippen LogP contribution in [0.25, 0.3) is 0 Å². The Morgan fingerprint density at radius 3 is 2.79 bits per heavy atom. The SMILES string of the molecule is CCC1CCCCN1C(=O)CN1CCCC(C=O)C1.